The molecule has 0 fully saturated rings. The number of carbonyl (C=O) groups excluding carboxylic acids is 1. The van der Waals surface area contributed by atoms with Crippen molar-refractivity contribution in [2.24, 2.45) is 0 Å². The van der Waals surface area contributed by atoms with Crippen molar-refractivity contribution in [1.82, 2.24) is 15.1 Å². The Kier molecular flexibility index (Phi) is 6.19. The van der Waals surface area contributed by atoms with Crippen LogP contribution in [0.15, 0.2) is 66.7 Å². The van der Waals surface area contributed by atoms with Gasteiger partial charge in [-0.05, 0) is 60.9 Å². The lowest BCUT2D eigenvalue weighted by molar-refractivity contribution is 0.0732. The van der Waals surface area contributed by atoms with Crippen molar-refractivity contribution in [2.75, 3.05) is 13.2 Å². The fourth-order valence-electron chi connectivity index (χ4n) is 4.45. The van der Waals surface area contributed by atoms with Gasteiger partial charge in [0.15, 0.2) is 0 Å². The molecule has 35 heavy (non-hydrogen) atoms. The van der Waals surface area contributed by atoms with Crippen LogP contribution in [0.25, 0.3) is 11.3 Å². The Morgan fingerprint density at radius 2 is 1.86 bits per heavy atom. The average molecular weight is 490 g/mol. The summed E-state index contributed by atoms with van der Waals surface area (Å²) < 4.78 is 6.03. The summed E-state index contributed by atoms with van der Waals surface area (Å²) >= 11 is 6.36. The molecule has 7 nitrogen and oxygen atoms in total. The Bertz CT molecular complexity index is 1390. The number of phenolic OH excluding ortho intramolecular Hbond substituents is 1. The van der Waals surface area contributed by atoms with Crippen LogP contribution in [-0.2, 0) is 0 Å². The maximum absolute atomic E-state index is 13.4. The van der Waals surface area contributed by atoms with Gasteiger partial charge in [0.2, 0.25) is 0 Å². The fourth-order valence-corrected chi connectivity index (χ4v) is 4.61. The van der Waals surface area contributed by atoms with E-state index in [0.29, 0.717) is 52.0 Å². The lowest BCUT2D eigenvalue weighted by atomic mass is 9.95. The lowest BCUT2D eigenvalue weighted by Crippen LogP contribution is -2.31. The third kappa shape index (κ3) is 4.24. The predicted molar refractivity (Wildman–Crippen MR) is 133 cm³/mol. The van der Waals surface area contributed by atoms with Crippen LogP contribution in [0.3, 0.4) is 0 Å². The normalized spacial score (nSPS) is 14.9. The van der Waals surface area contributed by atoms with Gasteiger partial charge in [-0.2, -0.15) is 5.10 Å². The number of amides is 1. The molecule has 5 rings (SSSR count). The number of hydrogen-bond acceptors (Lipinski definition) is 5. The number of aromatic nitrogens is 2. The first kappa shape index (κ1) is 23.0. The molecule has 0 spiro atoms. The van der Waals surface area contributed by atoms with Crippen LogP contribution in [0.4, 0.5) is 0 Å². The number of phenols is 1. The maximum atomic E-state index is 13.4. The highest BCUT2D eigenvalue weighted by Gasteiger charge is 2.42. The second-order valence-corrected chi connectivity index (χ2v) is 8.85. The number of carbonyl (C=O) groups is 1. The van der Waals surface area contributed by atoms with E-state index in [1.807, 2.05) is 61.5 Å². The van der Waals surface area contributed by atoms with Crippen molar-refractivity contribution in [1.29, 1.82) is 0 Å². The number of nitrogens with zero attached hydrogens (tertiary/aromatic N) is 2. The number of hydrogen-bond donors (Lipinski definition) is 3. The molecule has 1 atom stereocenters. The molecule has 1 aromatic heterocycles. The average Bonchev–Trinajstić information content (AvgIpc) is 3.39. The highest BCUT2D eigenvalue weighted by Crippen LogP contribution is 2.46. The Balaban J connectivity index is 1.62. The van der Waals surface area contributed by atoms with E-state index >= 15 is 0 Å². The summed E-state index contributed by atoms with van der Waals surface area (Å²) in [6.07, 6.45) is 0.428. The second kappa shape index (κ2) is 9.44. The minimum absolute atomic E-state index is 0.0300. The number of nitrogens with one attached hydrogen (secondary N) is 1. The van der Waals surface area contributed by atoms with E-state index in [1.54, 1.807) is 17.0 Å². The van der Waals surface area contributed by atoms with Gasteiger partial charge in [0.25, 0.3) is 5.91 Å². The summed E-state index contributed by atoms with van der Waals surface area (Å²) in [4.78, 5) is 15.1. The van der Waals surface area contributed by atoms with Crippen LogP contribution < -0.4 is 4.74 Å². The SMILES string of the molecule is Cc1cc(O)c(-c2n[nH]c3c2[C@H](c2cccc(Oc4ccccc4)c2)N(CCCO)C3=O)cc1Cl. The van der Waals surface area contributed by atoms with Crippen LogP contribution in [0, 0.1) is 6.92 Å². The molecular formula is C27H24ClN3O4. The van der Waals surface area contributed by atoms with Gasteiger partial charge >= 0.3 is 0 Å². The van der Waals surface area contributed by atoms with Gasteiger partial charge in [-0.1, -0.05) is 41.9 Å². The summed E-state index contributed by atoms with van der Waals surface area (Å²) in [5, 5.41) is 27.9. The topological polar surface area (TPSA) is 98.7 Å². The lowest BCUT2D eigenvalue weighted by Gasteiger charge is -2.26. The molecule has 0 saturated heterocycles. The number of aryl methyl sites for hydroxylation is 1. The summed E-state index contributed by atoms with van der Waals surface area (Å²) in [6, 6.07) is 19.8. The molecule has 0 radical (unpaired) electrons. The first-order valence-corrected chi connectivity index (χ1v) is 11.7. The zero-order valence-electron chi connectivity index (χ0n) is 19.0. The molecule has 0 unspecified atom stereocenters. The molecular weight excluding hydrogens is 466 g/mol. The molecule has 1 aliphatic rings. The van der Waals surface area contributed by atoms with Gasteiger partial charge in [0, 0.05) is 29.3 Å². The largest absolute Gasteiger partial charge is 0.507 e. The molecule has 4 aromatic rings. The van der Waals surface area contributed by atoms with Crippen molar-refractivity contribution >= 4 is 17.5 Å². The molecule has 178 valence electrons. The number of halogens is 1. The highest BCUT2D eigenvalue weighted by atomic mass is 35.5. The molecule has 3 N–H and O–H groups in total. The Hall–Kier alpha value is -3.81. The molecule has 0 aliphatic carbocycles. The number of rotatable bonds is 7. The third-order valence-corrected chi connectivity index (χ3v) is 6.51. The smallest absolute Gasteiger partial charge is 0.273 e. The number of ether oxygens (including phenoxy) is 1. The van der Waals surface area contributed by atoms with E-state index in [9.17, 15) is 15.0 Å². The predicted octanol–water partition coefficient (Wildman–Crippen LogP) is 5.46. The first-order chi connectivity index (χ1) is 17.0. The molecule has 0 saturated carbocycles. The number of benzene rings is 3. The van der Waals surface area contributed by atoms with Gasteiger partial charge in [0.05, 0.1) is 6.04 Å². The van der Waals surface area contributed by atoms with E-state index in [4.69, 9.17) is 16.3 Å². The molecule has 2 heterocycles. The van der Waals surface area contributed by atoms with Crippen LogP contribution >= 0.6 is 11.6 Å². The fraction of sp³-hybridized carbons (Fsp3) is 0.185. The Morgan fingerprint density at radius 1 is 1.09 bits per heavy atom. The van der Waals surface area contributed by atoms with Crippen LogP contribution in [0.5, 0.6) is 17.2 Å². The minimum atomic E-state index is -0.489. The van der Waals surface area contributed by atoms with Gasteiger partial charge in [-0.3, -0.25) is 9.89 Å². The molecule has 3 aromatic carbocycles. The van der Waals surface area contributed by atoms with E-state index in [2.05, 4.69) is 10.2 Å². The number of aliphatic hydroxyl groups excluding tert-OH is 1. The first-order valence-electron chi connectivity index (χ1n) is 11.3. The van der Waals surface area contributed by atoms with Crippen molar-refractivity contribution in [2.45, 2.75) is 19.4 Å². The molecule has 8 heteroatoms. The number of fused-ring (bicyclic) bond motifs is 1. The standard InChI is InChI=1S/C27H24ClN3O4/c1-16-13-22(33)20(15-21(16)28)24-23-25(30-29-24)27(34)31(11-6-12-32)26(23)17-7-5-10-19(14-17)35-18-8-3-2-4-9-18/h2-5,7-10,13-15,26,32-33H,6,11-12H2,1H3,(H,29,30)/t26-/m0/s1. The second-order valence-electron chi connectivity index (χ2n) is 8.45. The summed E-state index contributed by atoms with van der Waals surface area (Å²) in [6.45, 7) is 2.12. The van der Waals surface area contributed by atoms with Gasteiger partial charge in [0.1, 0.15) is 28.6 Å². The van der Waals surface area contributed by atoms with Crippen molar-refractivity contribution < 1.29 is 19.7 Å². The minimum Gasteiger partial charge on any atom is -0.507 e. The number of para-hydroxylation sites is 1. The molecule has 1 aliphatic heterocycles. The maximum Gasteiger partial charge on any atom is 0.273 e. The molecule has 0 bridgehead atoms. The number of aliphatic hydroxyl groups is 1. The van der Waals surface area contributed by atoms with Crippen LogP contribution in [0.1, 0.15) is 39.6 Å². The summed E-state index contributed by atoms with van der Waals surface area (Å²) in [7, 11) is 0. The number of aromatic hydroxyl groups is 1. The van der Waals surface area contributed by atoms with Gasteiger partial charge in [-0.25, -0.2) is 0 Å². The van der Waals surface area contributed by atoms with Gasteiger partial charge in [-0.15, -0.1) is 0 Å². The third-order valence-electron chi connectivity index (χ3n) is 6.11. The summed E-state index contributed by atoms with van der Waals surface area (Å²) in [5.41, 5.74) is 3.47. The number of H-pyrrole nitrogens is 1. The van der Waals surface area contributed by atoms with Crippen LogP contribution in [-0.4, -0.2) is 44.4 Å². The highest BCUT2D eigenvalue weighted by molar-refractivity contribution is 6.31. The Labute approximate surface area is 207 Å². The van der Waals surface area contributed by atoms with E-state index in [1.165, 1.54) is 0 Å². The zero-order chi connectivity index (χ0) is 24.5. The van der Waals surface area contributed by atoms with Gasteiger partial charge < -0.3 is 19.8 Å². The number of aromatic amines is 1. The Morgan fingerprint density at radius 3 is 2.63 bits per heavy atom. The van der Waals surface area contributed by atoms with Crippen molar-refractivity contribution in [3.05, 3.63) is 94.1 Å². The van der Waals surface area contributed by atoms with E-state index < -0.39 is 6.04 Å². The molecule has 1 amide bonds. The quantitative estimate of drug-likeness (QED) is 0.320. The van der Waals surface area contributed by atoms with Crippen LogP contribution in [0.2, 0.25) is 5.02 Å². The summed E-state index contributed by atoms with van der Waals surface area (Å²) in [5.74, 6) is 1.14. The van der Waals surface area contributed by atoms with E-state index in [0.717, 1.165) is 11.1 Å². The van der Waals surface area contributed by atoms with Crippen molar-refractivity contribution in [3.63, 3.8) is 0 Å². The monoisotopic (exact) mass is 489 g/mol. The van der Waals surface area contributed by atoms with E-state index in [-0.39, 0.29) is 18.3 Å². The van der Waals surface area contributed by atoms with Crippen molar-refractivity contribution in [3.8, 4) is 28.5 Å². The zero-order valence-corrected chi connectivity index (χ0v) is 19.8.